The Morgan fingerprint density at radius 1 is 1.36 bits per heavy atom. The van der Waals surface area contributed by atoms with Gasteiger partial charge in [-0.05, 0) is 26.0 Å². The Bertz CT molecular complexity index is 387. The molecule has 14 heavy (non-hydrogen) atoms. The molecular weight excluding hydrogens is 200 g/mol. The maximum atomic E-state index is 11.7. The monoisotopic (exact) mass is 214 g/mol. The summed E-state index contributed by atoms with van der Waals surface area (Å²) in [5.41, 5.74) is 0.376. The third-order valence-corrected chi connectivity index (χ3v) is 3.88. The van der Waals surface area contributed by atoms with Crippen molar-refractivity contribution in [1.82, 2.24) is 0 Å². The van der Waals surface area contributed by atoms with Crippen LogP contribution in [0.2, 0.25) is 0 Å². The number of nitrogens with one attached hydrogen (secondary N) is 1. The van der Waals surface area contributed by atoms with Crippen molar-refractivity contribution in [3.05, 3.63) is 30.3 Å². The molecule has 1 aromatic rings. The van der Waals surface area contributed by atoms with E-state index in [1.165, 1.54) is 0 Å². The summed E-state index contributed by atoms with van der Waals surface area (Å²) in [4.78, 5) is 0. The summed E-state index contributed by atoms with van der Waals surface area (Å²) in [6.07, 6.45) is 0. The largest absolute Gasteiger partial charge is 0.275 e. The molecule has 1 rings (SSSR count). The molecule has 5 heteroatoms. The Labute approximate surface area is 84.2 Å². The van der Waals surface area contributed by atoms with Gasteiger partial charge in [-0.1, -0.05) is 18.2 Å². The van der Waals surface area contributed by atoms with E-state index in [2.05, 4.69) is 0 Å². The lowest BCUT2D eigenvalue weighted by molar-refractivity contribution is 0.321. The van der Waals surface area contributed by atoms with E-state index in [0.29, 0.717) is 10.2 Å². The molecule has 0 radical (unpaired) electrons. The lowest BCUT2D eigenvalue weighted by Crippen LogP contribution is -2.32. The van der Waals surface area contributed by atoms with Crippen molar-refractivity contribution in [2.45, 2.75) is 19.1 Å². The van der Waals surface area contributed by atoms with Crippen molar-refractivity contribution in [3.63, 3.8) is 0 Å². The quantitative estimate of drug-likeness (QED) is 0.758. The number of hydrogen-bond donors (Lipinski definition) is 2. The van der Waals surface area contributed by atoms with Crippen LogP contribution in [-0.2, 0) is 9.92 Å². The molecule has 0 saturated heterocycles. The molecule has 0 amide bonds. The Morgan fingerprint density at radius 3 is 2.29 bits per heavy atom. The Balaban J connectivity index is 3.03. The van der Waals surface area contributed by atoms with Crippen LogP contribution in [0.1, 0.15) is 13.8 Å². The Kier molecular flexibility index (Phi) is 3.13. The second-order valence-electron chi connectivity index (χ2n) is 3.23. The normalized spacial score (nSPS) is 15.1. The van der Waals surface area contributed by atoms with Gasteiger partial charge in [0.15, 0.2) is 9.92 Å². The zero-order valence-corrected chi connectivity index (χ0v) is 8.99. The molecule has 0 saturated carbocycles. The smallest absolute Gasteiger partial charge is 0.154 e. The maximum absolute atomic E-state index is 11.7. The van der Waals surface area contributed by atoms with Crippen LogP contribution in [0, 0.1) is 4.78 Å². The van der Waals surface area contributed by atoms with Crippen LogP contribution < -0.4 is 4.47 Å². The molecule has 0 bridgehead atoms. The van der Waals surface area contributed by atoms with Crippen molar-refractivity contribution >= 4 is 15.6 Å². The second kappa shape index (κ2) is 3.98. The highest BCUT2D eigenvalue weighted by molar-refractivity contribution is 7.94. The number of anilines is 1. The first-order valence-corrected chi connectivity index (χ1v) is 5.86. The molecule has 1 atom stereocenters. The van der Waals surface area contributed by atoms with E-state index in [9.17, 15) is 9.42 Å². The lowest BCUT2D eigenvalue weighted by Gasteiger charge is -2.22. The topological polar surface area (TPSA) is 64.4 Å². The van der Waals surface area contributed by atoms with Gasteiger partial charge in [0.05, 0.1) is 10.9 Å². The molecule has 0 aliphatic heterocycles. The SMILES string of the molecule is CC(C)S(=N)(=O)N(O)c1ccccc1. The van der Waals surface area contributed by atoms with Crippen LogP contribution in [0.15, 0.2) is 30.3 Å². The number of hydrogen-bond acceptors (Lipinski definition) is 3. The molecule has 1 unspecified atom stereocenters. The van der Waals surface area contributed by atoms with Crippen molar-refractivity contribution in [1.29, 1.82) is 4.78 Å². The van der Waals surface area contributed by atoms with E-state index < -0.39 is 15.2 Å². The summed E-state index contributed by atoms with van der Waals surface area (Å²) in [5, 5.41) is 9.17. The van der Waals surface area contributed by atoms with E-state index in [1.807, 2.05) is 0 Å². The van der Waals surface area contributed by atoms with Gasteiger partial charge in [0.25, 0.3) is 0 Å². The third-order valence-electron chi connectivity index (χ3n) is 1.87. The van der Waals surface area contributed by atoms with Gasteiger partial charge >= 0.3 is 0 Å². The summed E-state index contributed by atoms with van der Waals surface area (Å²) in [7, 11) is -3.14. The lowest BCUT2D eigenvalue weighted by atomic mass is 10.3. The second-order valence-corrected chi connectivity index (χ2v) is 5.65. The maximum Gasteiger partial charge on any atom is 0.154 e. The molecule has 1 aromatic carbocycles. The predicted molar refractivity (Wildman–Crippen MR) is 56.7 cm³/mol. The zero-order chi connectivity index (χ0) is 10.8. The minimum Gasteiger partial charge on any atom is -0.275 e. The molecular formula is C9H14N2O2S. The Morgan fingerprint density at radius 2 is 1.86 bits per heavy atom. The van der Waals surface area contributed by atoms with E-state index in [4.69, 9.17) is 4.78 Å². The van der Waals surface area contributed by atoms with Crippen molar-refractivity contribution in [2.75, 3.05) is 4.47 Å². The first-order chi connectivity index (χ1) is 6.46. The molecule has 0 aliphatic carbocycles. The standard InChI is InChI=1S/C9H14N2O2S/c1-8(2)14(10,13)11(12)9-6-4-3-5-7-9/h3-8,10,12H,1-2H3. The fourth-order valence-electron chi connectivity index (χ4n) is 0.912. The van der Waals surface area contributed by atoms with Crippen molar-refractivity contribution < 1.29 is 9.42 Å². The number of nitrogens with zero attached hydrogens (tertiary/aromatic N) is 1. The minimum absolute atomic E-state index is 0.376. The van der Waals surface area contributed by atoms with Gasteiger partial charge in [-0.3, -0.25) is 5.21 Å². The van der Waals surface area contributed by atoms with E-state index in [0.717, 1.165) is 0 Å². The van der Waals surface area contributed by atoms with Gasteiger partial charge in [0.2, 0.25) is 0 Å². The molecule has 0 aromatic heterocycles. The fraction of sp³-hybridized carbons (Fsp3) is 0.333. The average Bonchev–Trinajstić information content (AvgIpc) is 2.17. The fourth-order valence-corrected chi connectivity index (χ4v) is 1.75. The highest BCUT2D eigenvalue weighted by Crippen LogP contribution is 2.18. The van der Waals surface area contributed by atoms with Gasteiger partial charge in [0, 0.05) is 0 Å². The Hall–Kier alpha value is -1.07. The summed E-state index contributed by atoms with van der Waals surface area (Å²) < 4.78 is 19.8. The molecule has 0 heterocycles. The molecule has 2 N–H and O–H groups in total. The van der Waals surface area contributed by atoms with Crippen LogP contribution in [0.25, 0.3) is 0 Å². The summed E-state index contributed by atoms with van der Waals surface area (Å²) >= 11 is 0. The van der Waals surface area contributed by atoms with Crippen LogP contribution in [0.5, 0.6) is 0 Å². The van der Waals surface area contributed by atoms with Crippen LogP contribution in [0.3, 0.4) is 0 Å². The first kappa shape index (κ1) is 11.0. The van der Waals surface area contributed by atoms with Crippen molar-refractivity contribution in [2.24, 2.45) is 0 Å². The van der Waals surface area contributed by atoms with Crippen LogP contribution in [0.4, 0.5) is 5.69 Å². The predicted octanol–water partition coefficient (Wildman–Crippen LogP) is 2.25. The average molecular weight is 214 g/mol. The van der Waals surface area contributed by atoms with E-state index >= 15 is 0 Å². The van der Waals surface area contributed by atoms with E-state index in [-0.39, 0.29) is 0 Å². The third kappa shape index (κ3) is 2.05. The first-order valence-electron chi connectivity index (χ1n) is 4.28. The van der Waals surface area contributed by atoms with Crippen LogP contribution >= 0.6 is 0 Å². The molecule has 78 valence electrons. The number of para-hydroxylation sites is 1. The van der Waals surface area contributed by atoms with Gasteiger partial charge in [-0.25, -0.2) is 8.99 Å². The minimum atomic E-state index is -3.14. The van der Waals surface area contributed by atoms with Gasteiger partial charge in [-0.15, -0.1) is 0 Å². The van der Waals surface area contributed by atoms with Crippen molar-refractivity contribution in [3.8, 4) is 0 Å². The zero-order valence-electron chi connectivity index (χ0n) is 8.18. The summed E-state index contributed by atoms with van der Waals surface area (Å²) in [5.74, 6) is 0. The molecule has 0 fully saturated rings. The molecule has 0 spiro atoms. The highest BCUT2D eigenvalue weighted by atomic mass is 32.2. The molecule has 0 aliphatic rings. The number of rotatable bonds is 3. The molecule has 4 nitrogen and oxygen atoms in total. The van der Waals surface area contributed by atoms with E-state index in [1.54, 1.807) is 44.2 Å². The summed E-state index contributed by atoms with van der Waals surface area (Å²) in [6.45, 7) is 3.28. The summed E-state index contributed by atoms with van der Waals surface area (Å²) in [6, 6.07) is 8.44. The van der Waals surface area contributed by atoms with Gasteiger partial charge < -0.3 is 0 Å². The number of benzene rings is 1. The van der Waals surface area contributed by atoms with Gasteiger partial charge in [-0.2, -0.15) is 4.47 Å². The van der Waals surface area contributed by atoms with Gasteiger partial charge in [0.1, 0.15) is 0 Å². The highest BCUT2D eigenvalue weighted by Gasteiger charge is 2.20. The van der Waals surface area contributed by atoms with Crippen LogP contribution in [-0.4, -0.2) is 14.7 Å².